The highest BCUT2D eigenvalue weighted by atomic mass is 35.5. The number of carbonyl (C=O) groups excluding carboxylic acids is 1. The number of primary amides is 1. The Bertz CT molecular complexity index is 358. The van der Waals surface area contributed by atoms with Crippen LogP contribution in [0.1, 0.15) is 11.1 Å². The number of nitrogens with two attached hydrogens (primary N) is 1. The van der Waals surface area contributed by atoms with E-state index in [1.165, 1.54) is 6.08 Å². The molecule has 1 amide bonds. The highest BCUT2D eigenvalue weighted by molar-refractivity contribution is 6.31. The molecule has 1 aromatic carbocycles. The topological polar surface area (TPSA) is 43.1 Å². The van der Waals surface area contributed by atoms with Crippen LogP contribution in [0.5, 0.6) is 0 Å². The van der Waals surface area contributed by atoms with Crippen LogP contribution < -0.4 is 5.73 Å². The zero-order valence-corrected chi connectivity index (χ0v) is 8.01. The molecule has 0 atom stereocenters. The molecule has 0 aliphatic rings. The molecule has 0 fully saturated rings. The molecule has 0 radical (unpaired) electrons. The van der Waals surface area contributed by atoms with Gasteiger partial charge in [-0.2, -0.15) is 0 Å². The number of aryl methyl sites for hydroxylation is 1. The molecule has 68 valence electrons. The lowest BCUT2D eigenvalue weighted by Crippen LogP contribution is -2.05. The molecule has 0 aliphatic carbocycles. The minimum absolute atomic E-state index is 0.461. The van der Waals surface area contributed by atoms with Crippen molar-refractivity contribution < 1.29 is 4.79 Å². The Morgan fingerprint density at radius 2 is 2.23 bits per heavy atom. The smallest absolute Gasteiger partial charge is 0.241 e. The van der Waals surface area contributed by atoms with E-state index in [9.17, 15) is 4.79 Å². The van der Waals surface area contributed by atoms with E-state index < -0.39 is 5.91 Å². The third-order valence-corrected chi connectivity index (χ3v) is 2.04. The van der Waals surface area contributed by atoms with Gasteiger partial charge < -0.3 is 5.73 Å². The summed E-state index contributed by atoms with van der Waals surface area (Å²) in [6.45, 7) is 1.92. The summed E-state index contributed by atoms with van der Waals surface area (Å²) in [5, 5.41) is 0.687. The van der Waals surface area contributed by atoms with Gasteiger partial charge in [-0.1, -0.05) is 23.7 Å². The maximum absolute atomic E-state index is 10.4. The Labute approximate surface area is 82.0 Å². The van der Waals surface area contributed by atoms with Gasteiger partial charge in [0.1, 0.15) is 0 Å². The molecule has 1 rings (SSSR count). The molecule has 2 nitrogen and oxygen atoms in total. The van der Waals surface area contributed by atoms with Crippen molar-refractivity contribution >= 4 is 23.6 Å². The van der Waals surface area contributed by atoms with Gasteiger partial charge in [0.2, 0.25) is 5.91 Å². The number of carbonyl (C=O) groups is 1. The van der Waals surface area contributed by atoms with Gasteiger partial charge in [0.15, 0.2) is 0 Å². The number of benzene rings is 1. The van der Waals surface area contributed by atoms with Crippen LogP contribution in [0.25, 0.3) is 6.08 Å². The summed E-state index contributed by atoms with van der Waals surface area (Å²) >= 11 is 5.88. The normalized spacial score (nSPS) is 10.6. The van der Waals surface area contributed by atoms with Gasteiger partial charge in [-0.05, 0) is 30.2 Å². The first-order valence-electron chi connectivity index (χ1n) is 3.83. The van der Waals surface area contributed by atoms with E-state index in [4.69, 9.17) is 17.3 Å². The van der Waals surface area contributed by atoms with Gasteiger partial charge in [0.25, 0.3) is 0 Å². The predicted molar refractivity (Wildman–Crippen MR) is 54.4 cm³/mol. The number of hydrogen-bond acceptors (Lipinski definition) is 1. The van der Waals surface area contributed by atoms with Crippen LogP contribution in [-0.4, -0.2) is 5.91 Å². The SMILES string of the molecule is Cc1ccc(C=CC(N)=O)cc1Cl. The zero-order chi connectivity index (χ0) is 9.84. The standard InChI is InChI=1S/C10H10ClNO/c1-7-2-3-8(6-9(7)11)4-5-10(12)13/h2-6H,1H3,(H2,12,13). The molecule has 0 aliphatic heterocycles. The summed E-state index contributed by atoms with van der Waals surface area (Å²) in [5.74, 6) is -0.461. The monoisotopic (exact) mass is 195 g/mol. The summed E-state index contributed by atoms with van der Waals surface area (Å²) in [4.78, 5) is 10.4. The Balaban J connectivity index is 2.92. The average molecular weight is 196 g/mol. The van der Waals surface area contributed by atoms with E-state index >= 15 is 0 Å². The first kappa shape index (κ1) is 9.81. The third kappa shape index (κ3) is 2.92. The van der Waals surface area contributed by atoms with Crippen LogP contribution in [0.4, 0.5) is 0 Å². The van der Waals surface area contributed by atoms with Crippen molar-refractivity contribution in [2.75, 3.05) is 0 Å². The Kier molecular flexibility index (Phi) is 3.09. The second-order valence-corrected chi connectivity index (χ2v) is 3.15. The van der Waals surface area contributed by atoms with Gasteiger partial charge in [0.05, 0.1) is 0 Å². The maximum Gasteiger partial charge on any atom is 0.241 e. The summed E-state index contributed by atoms with van der Waals surface area (Å²) in [6, 6.07) is 5.56. The largest absolute Gasteiger partial charge is 0.366 e. The van der Waals surface area contributed by atoms with Crippen LogP contribution in [0.15, 0.2) is 24.3 Å². The van der Waals surface area contributed by atoms with Gasteiger partial charge in [-0.3, -0.25) is 4.79 Å². The summed E-state index contributed by atoms with van der Waals surface area (Å²) in [5.41, 5.74) is 6.83. The van der Waals surface area contributed by atoms with E-state index in [-0.39, 0.29) is 0 Å². The van der Waals surface area contributed by atoms with Crippen LogP contribution >= 0.6 is 11.6 Å². The van der Waals surface area contributed by atoms with Crippen molar-refractivity contribution in [3.8, 4) is 0 Å². The quantitative estimate of drug-likeness (QED) is 0.722. The molecule has 0 saturated carbocycles. The van der Waals surface area contributed by atoms with Crippen molar-refractivity contribution in [2.45, 2.75) is 6.92 Å². The first-order valence-corrected chi connectivity index (χ1v) is 4.21. The molecule has 0 heterocycles. The number of hydrogen-bond donors (Lipinski definition) is 1. The fourth-order valence-electron chi connectivity index (χ4n) is 0.891. The van der Waals surface area contributed by atoms with E-state index in [0.29, 0.717) is 5.02 Å². The lowest BCUT2D eigenvalue weighted by molar-refractivity contribution is -0.113. The molecule has 0 bridgehead atoms. The van der Waals surface area contributed by atoms with E-state index in [1.807, 2.05) is 19.1 Å². The van der Waals surface area contributed by atoms with E-state index in [2.05, 4.69) is 0 Å². The number of rotatable bonds is 2. The molecule has 0 aromatic heterocycles. The maximum atomic E-state index is 10.4. The fraction of sp³-hybridized carbons (Fsp3) is 0.100. The minimum Gasteiger partial charge on any atom is -0.366 e. The third-order valence-electron chi connectivity index (χ3n) is 1.64. The average Bonchev–Trinajstić information content (AvgIpc) is 2.07. The van der Waals surface area contributed by atoms with E-state index in [0.717, 1.165) is 11.1 Å². The number of amides is 1. The fourth-order valence-corrected chi connectivity index (χ4v) is 1.08. The lowest BCUT2D eigenvalue weighted by atomic mass is 10.1. The second-order valence-electron chi connectivity index (χ2n) is 2.74. The first-order chi connectivity index (χ1) is 6.09. The van der Waals surface area contributed by atoms with Crippen LogP contribution in [0, 0.1) is 6.92 Å². The predicted octanol–water partition coefficient (Wildman–Crippen LogP) is 2.15. The Morgan fingerprint density at radius 3 is 2.77 bits per heavy atom. The summed E-state index contributed by atoms with van der Waals surface area (Å²) in [7, 11) is 0. The van der Waals surface area contributed by atoms with Crippen LogP contribution in [0.3, 0.4) is 0 Å². The molecular weight excluding hydrogens is 186 g/mol. The molecular formula is C10H10ClNO. The van der Waals surface area contributed by atoms with Crippen molar-refractivity contribution in [2.24, 2.45) is 5.73 Å². The van der Waals surface area contributed by atoms with Crippen LogP contribution in [0.2, 0.25) is 5.02 Å². The second kappa shape index (κ2) is 4.10. The molecule has 0 saturated heterocycles. The highest BCUT2D eigenvalue weighted by Crippen LogP contribution is 2.17. The Morgan fingerprint density at radius 1 is 1.54 bits per heavy atom. The van der Waals surface area contributed by atoms with E-state index in [1.54, 1.807) is 12.1 Å². The Hall–Kier alpha value is -1.28. The molecule has 1 aromatic rings. The minimum atomic E-state index is -0.461. The highest BCUT2D eigenvalue weighted by Gasteiger charge is 1.94. The van der Waals surface area contributed by atoms with Crippen molar-refractivity contribution in [3.63, 3.8) is 0 Å². The van der Waals surface area contributed by atoms with Crippen molar-refractivity contribution in [3.05, 3.63) is 40.4 Å². The van der Waals surface area contributed by atoms with Gasteiger partial charge in [-0.15, -0.1) is 0 Å². The zero-order valence-electron chi connectivity index (χ0n) is 7.25. The lowest BCUT2D eigenvalue weighted by Gasteiger charge is -1.98. The van der Waals surface area contributed by atoms with Crippen molar-refractivity contribution in [1.82, 2.24) is 0 Å². The van der Waals surface area contributed by atoms with Crippen LogP contribution in [-0.2, 0) is 4.79 Å². The van der Waals surface area contributed by atoms with Gasteiger partial charge in [0, 0.05) is 11.1 Å². The molecule has 13 heavy (non-hydrogen) atoms. The summed E-state index contributed by atoms with van der Waals surface area (Å²) in [6.07, 6.45) is 2.94. The number of halogens is 1. The molecule has 0 unspecified atom stereocenters. The molecule has 0 spiro atoms. The van der Waals surface area contributed by atoms with Gasteiger partial charge in [-0.25, -0.2) is 0 Å². The summed E-state index contributed by atoms with van der Waals surface area (Å²) < 4.78 is 0. The molecule has 3 heteroatoms. The van der Waals surface area contributed by atoms with Gasteiger partial charge >= 0.3 is 0 Å². The van der Waals surface area contributed by atoms with Crippen molar-refractivity contribution in [1.29, 1.82) is 0 Å². The molecule has 2 N–H and O–H groups in total.